The molecule has 8 aromatic rings. The molecule has 1 aromatic carbocycles. The largest absolute Gasteiger partial charge is 0.481 e. The average molecular weight is 1430 g/mol. The number of methoxy groups -OCH3 is 1. The quantitative estimate of drug-likeness (QED) is 0.0276. The van der Waals surface area contributed by atoms with Gasteiger partial charge in [-0.05, 0) is 69.1 Å². The van der Waals surface area contributed by atoms with Crippen LogP contribution in [0.2, 0.25) is 0 Å². The Kier molecular flexibility index (Phi) is 24.8. The normalized spacial score (nSPS) is 16.0. The summed E-state index contributed by atoms with van der Waals surface area (Å²) in [6, 6.07) is 9.95. The van der Waals surface area contributed by atoms with E-state index in [1.165, 1.54) is 41.7 Å². The van der Waals surface area contributed by atoms with Crippen LogP contribution in [0.3, 0.4) is 0 Å². The van der Waals surface area contributed by atoms with E-state index < -0.39 is 84.2 Å². The molecule has 8 N–H and O–H groups in total. The zero-order valence-electron chi connectivity index (χ0n) is 52.5. The molecule has 2 unspecified atom stereocenters. The first-order valence-corrected chi connectivity index (χ1v) is 35.5. The van der Waals surface area contributed by atoms with E-state index in [-0.39, 0.29) is 118 Å². The summed E-state index contributed by atoms with van der Waals surface area (Å²) in [5.74, 6) is -7.35. The van der Waals surface area contributed by atoms with Crippen molar-refractivity contribution in [3.63, 3.8) is 0 Å². The van der Waals surface area contributed by atoms with Gasteiger partial charge < -0.3 is 51.2 Å². The van der Waals surface area contributed by atoms with Crippen molar-refractivity contribution in [2.45, 2.75) is 116 Å². The third-order valence-corrected chi connectivity index (χ3v) is 21.1. The molecule has 10 bridgehead atoms. The van der Waals surface area contributed by atoms with E-state index in [4.69, 9.17) is 49.5 Å². The van der Waals surface area contributed by atoms with Crippen LogP contribution in [0, 0.1) is 18.8 Å². The second-order valence-corrected chi connectivity index (χ2v) is 28.3. The molecule has 5 amide bonds. The number of ketones is 1. The Labute approximate surface area is 573 Å². The number of carboxylic acids is 3. The number of ether oxygens (including phenoxy) is 2. The molecule has 1 aliphatic rings. The van der Waals surface area contributed by atoms with Gasteiger partial charge >= 0.3 is 24.0 Å². The van der Waals surface area contributed by atoms with E-state index in [0.717, 1.165) is 45.3 Å². The zero-order valence-corrected chi connectivity index (χ0v) is 57.4. The number of pyridine rings is 1. The van der Waals surface area contributed by atoms with Crippen LogP contribution in [0.4, 0.5) is 10.6 Å². The van der Waals surface area contributed by atoms with Crippen molar-refractivity contribution in [2.75, 3.05) is 38.8 Å². The molecular weight excluding hydrogens is 1360 g/mol. The maximum atomic E-state index is 14.4. The number of carbonyl (C=O) groups excluding carboxylic acids is 6. The highest BCUT2D eigenvalue weighted by atomic mass is 32.1. The number of carbonyl (C=O) groups is 9. The Bertz CT molecular complexity index is 4120. The summed E-state index contributed by atoms with van der Waals surface area (Å²) in [6.07, 6.45) is -1.61. The maximum Gasteiger partial charge on any atom is 0.415 e. The van der Waals surface area contributed by atoms with E-state index in [1.54, 1.807) is 70.9 Å². The van der Waals surface area contributed by atoms with Crippen LogP contribution in [0.15, 0.2) is 64.0 Å². The SMILES string of the molecule is CNC(=O)C[C@@H]1NC(=O)c2csc(n2)-c2ccc(-c3nc(N(CCCCC(=O)O)C(=O)OCCCCC(CCC(=O)O)C(=O)O)cs3)nc2-c2csc(n2)-c2csc(n2)[C@H]([C@@H](O)c2ccccc2)NC(=O)CNC(=O)c2nc(sc2COC)C(C(C)C)CC(=O)c2nc1sc2C. The summed E-state index contributed by atoms with van der Waals surface area (Å²) >= 11 is 7.02. The number of thiazole rings is 6. The number of hydrogen-bond donors (Lipinski definition) is 8. The number of Topliss-reactive ketones (excluding diaryl/α,β-unsaturated/α-hetero) is 1. The Hall–Kier alpha value is -8.70. The highest BCUT2D eigenvalue weighted by Crippen LogP contribution is 2.41. The smallest absolute Gasteiger partial charge is 0.415 e. The third-order valence-electron chi connectivity index (χ3n) is 15.3. The van der Waals surface area contributed by atoms with Crippen molar-refractivity contribution in [1.29, 1.82) is 0 Å². The van der Waals surface area contributed by atoms with E-state index in [0.29, 0.717) is 74.4 Å². The summed E-state index contributed by atoms with van der Waals surface area (Å²) in [5.41, 5.74) is 2.37. The van der Waals surface area contributed by atoms with E-state index >= 15 is 0 Å². The fraction of sp³-hybridized carbons (Fsp3) is 0.397. The molecule has 33 heteroatoms. The molecule has 0 spiro atoms. The average Bonchev–Trinajstić information content (AvgIpc) is 1.82. The summed E-state index contributed by atoms with van der Waals surface area (Å²) in [6.45, 7) is 4.98. The fourth-order valence-electron chi connectivity index (χ4n) is 10.2. The molecule has 5 atom stereocenters. The number of aliphatic carboxylic acids is 3. The lowest BCUT2D eigenvalue weighted by molar-refractivity contribution is -0.143. The van der Waals surface area contributed by atoms with Crippen molar-refractivity contribution < 1.29 is 73.1 Å². The monoisotopic (exact) mass is 1420 g/mol. The molecular formula is C63H68N12O15S6. The first-order valence-electron chi connectivity index (χ1n) is 30.4. The van der Waals surface area contributed by atoms with Gasteiger partial charge in [0.05, 0.1) is 53.7 Å². The van der Waals surface area contributed by atoms with Gasteiger partial charge in [0.2, 0.25) is 11.8 Å². The van der Waals surface area contributed by atoms with Crippen LogP contribution in [0.5, 0.6) is 0 Å². The van der Waals surface area contributed by atoms with Crippen LogP contribution in [-0.2, 0) is 40.1 Å². The molecule has 27 nitrogen and oxygen atoms in total. The minimum atomic E-state index is -1.32. The molecule has 7 aromatic heterocycles. The molecule has 0 saturated carbocycles. The minimum Gasteiger partial charge on any atom is -0.481 e. The van der Waals surface area contributed by atoms with Gasteiger partial charge in [-0.1, -0.05) is 44.2 Å². The second-order valence-electron chi connectivity index (χ2n) is 22.5. The standard InChI is InChI=1S/C63H68N12O15S6/c1-31(2)36-23-42(76)49-32(3)95-60(73-49)38(24-45(77)64-4)67-54(84)40-28-91-56(69-40)35-18-19-37(58-71-44(30-94-58)75(21-11-9-16-47(79)80)63(88)90-22-12-10-15-34(62(86)87)17-20-48(81)82)66-50(35)39-27-92-59(68-39)41-29-93-61(70-41)52(53(83)33-13-7-6-8-14-33)72-46(78)25-65-55(85)51-43(26-89-5)96-57(36)74-51/h6-8,13-14,18-19,27-31,34,36,38,52-53,83H,9-12,15-17,20-26H2,1-5H3,(H,64,77)(H,65,85)(H,67,84)(H,72,78)(H,79,80)(H,81,82)(H,86,87)/t34?,36?,38-,52-,53-/m0/s1. The van der Waals surface area contributed by atoms with Crippen LogP contribution in [0.1, 0.15) is 164 Å². The number of aliphatic hydroxyl groups is 1. The molecule has 96 heavy (non-hydrogen) atoms. The molecule has 0 fully saturated rings. The third kappa shape index (κ3) is 18.2. The van der Waals surface area contributed by atoms with Crippen molar-refractivity contribution >= 4 is 127 Å². The second kappa shape index (κ2) is 33.3. The van der Waals surface area contributed by atoms with Gasteiger partial charge in [-0.15, -0.1) is 68.0 Å². The van der Waals surface area contributed by atoms with Crippen LogP contribution in [0.25, 0.3) is 43.4 Å². The number of aryl methyl sites for hydroxylation is 1. The van der Waals surface area contributed by atoms with Crippen molar-refractivity contribution in [3.8, 4) is 43.4 Å². The number of unbranched alkanes of at least 4 members (excludes halogenated alkanes) is 2. The summed E-state index contributed by atoms with van der Waals surface area (Å²) in [5, 5.41) is 59.9. The molecule has 506 valence electrons. The van der Waals surface area contributed by atoms with Gasteiger partial charge in [0.25, 0.3) is 11.8 Å². The lowest BCUT2D eigenvalue weighted by Crippen LogP contribution is -2.40. The Balaban J connectivity index is 1.08. The lowest BCUT2D eigenvalue weighted by atomic mass is 9.90. The number of rotatable bonds is 23. The molecule has 0 saturated heterocycles. The summed E-state index contributed by atoms with van der Waals surface area (Å²) in [4.78, 5) is 155. The minimum absolute atomic E-state index is 0.00485. The van der Waals surface area contributed by atoms with Crippen molar-refractivity contribution in [1.82, 2.24) is 56.2 Å². The van der Waals surface area contributed by atoms with Crippen LogP contribution < -0.4 is 26.2 Å². The lowest BCUT2D eigenvalue weighted by Gasteiger charge is -2.23. The number of carboxylic acid groups (broad SMARTS) is 3. The van der Waals surface area contributed by atoms with Crippen molar-refractivity contribution in [3.05, 3.63) is 111 Å². The number of nitrogens with one attached hydrogen (secondary N) is 4. The molecule has 0 radical (unpaired) electrons. The summed E-state index contributed by atoms with van der Waals surface area (Å²) < 4.78 is 11.1. The number of amides is 5. The Morgan fingerprint density at radius 1 is 0.698 bits per heavy atom. The molecule has 0 aliphatic carbocycles. The molecule has 1 aliphatic heterocycles. The number of aromatic nitrogens is 7. The van der Waals surface area contributed by atoms with Gasteiger partial charge in [-0.2, -0.15) is 0 Å². The predicted molar refractivity (Wildman–Crippen MR) is 360 cm³/mol. The number of hydrogen-bond acceptors (Lipinski definition) is 25. The van der Waals surface area contributed by atoms with Crippen LogP contribution >= 0.6 is 68.0 Å². The number of benzene rings is 1. The first kappa shape index (κ1) is 71.6. The Morgan fingerprint density at radius 2 is 1.41 bits per heavy atom. The Morgan fingerprint density at radius 3 is 2.14 bits per heavy atom. The predicted octanol–water partition coefficient (Wildman–Crippen LogP) is 10.1. The number of nitrogens with zero attached hydrogens (tertiary/aromatic N) is 8. The van der Waals surface area contributed by atoms with Gasteiger partial charge in [0.1, 0.15) is 77.2 Å². The number of anilines is 1. The molecule has 8 heterocycles. The summed E-state index contributed by atoms with van der Waals surface area (Å²) in [7, 11) is 2.93. The first-order chi connectivity index (χ1) is 46.1. The van der Waals surface area contributed by atoms with E-state index in [9.17, 15) is 58.5 Å². The van der Waals surface area contributed by atoms with Gasteiger partial charge in [-0.25, -0.2) is 39.7 Å². The molecule has 9 rings (SSSR count). The fourth-order valence-corrected chi connectivity index (χ4v) is 15.8. The zero-order chi connectivity index (χ0) is 68.7. The highest BCUT2D eigenvalue weighted by Gasteiger charge is 2.34. The topological polar surface area (TPSA) is 395 Å². The van der Waals surface area contributed by atoms with Gasteiger partial charge in [0.15, 0.2) is 5.78 Å². The highest BCUT2D eigenvalue weighted by molar-refractivity contribution is 7.15. The van der Waals surface area contributed by atoms with Gasteiger partial charge in [-0.3, -0.25) is 43.3 Å². The van der Waals surface area contributed by atoms with Gasteiger partial charge in [0, 0.05) is 77.8 Å². The maximum absolute atomic E-state index is 14.4. The van der Waals surface area contributed by atoms with E-state index in [2.05, 4.69) is 21.3 Å². The van der Waals surface area contributed by atoms with E-state index in [1.807, 2.05) is 13.8 Å². The number of fused-ring (bicyclic) bond motifs is 14. The van der Waals surface area contributed by atoms with Crippen LogP contribution in [-0.4, -0.2) is 143 Å². The van der Waals surface area contributed by atoms with Crippen molar-refractivity contribution in [2.24, 2.45) is 11.8 Å². The number of aliphatic hydroxyl groups excluding tert-OH is 1.